The van der Waals surface area contributed by atoms with E-state index in [1.54, 1.807) is 0 Å². The van der Waals surface area contributed by atoms with Gasteiger partial charge in [-0.1, -0.05) is 13.8 Å². The van der Waals surface area contributed by atoms with Crippen molar-refractivity contribution in [2.24, 2.45) is 0 Å². The van der Waals surface area contributed by atoms with Gasteiger partial charge in [-0.3, -0.25) is 4.98 Å². The monoisotopic (exact) mass is 229 g/mol. The lowest BCUT2D eigenvalue weighted by atomic mass is 10.1. The van der Waals surface area contributed by atoms with Crippen molar-refractivity contribution in [3.63, 3.8) is 0 Å². The zero-order valence-corrected chi connectivity index (χ0v) is 10.9. The molecule has 0 fully saturated rings. The van der Waals surface area contributed by atoms with E-state index in [0.717, 1.165) is 22.3 Å². The van der Waals surface area contributed by atoms with Gasteiger partial charge in [0.2, 0.25) is 0 Å². The van der Waals surface area contributed by atoms with Gasteiger partial charge >= 0.3 is 0 Å². The van der Waals surface area contributed by atoms with Gasteiger partial charge < -0.3 is 10.6 Å². The van der Waals surface area contributed by atoms with E-state index in [1.807, 2.05) is 32.3 Å². The Morgan fingerprint density at radius 3 is 2.47 bits per heavy atom. The van der Waals surface area contributed by atoms with Crippen LogP contribution in [0.3, 0.4) is 0 Å². The van der Waals surface area contributed by atoms with Gasteiger partial charge in [-0.15, -0.1) is 0 Å². The molecule has 0 radical (unpaired) electrons. The van der Waals surface area contributed by atoms with E-state index in [9.17, 15) is 0 Å². The van der Waals surface area contributed by atoms with Crippen molar-refractivity contribution in [1.82, 2.24) is 4.98 Å². The fraction of sp³-hybridized carbons (Fsp3) is 0.357. The van der Waals surface area contributed by atoms with Gasteiger partial charge in [-0.05, 0) is 30.2 Å². The minimum Gasteiger partial charge on any atom is -0.399 e. The predicted octanol–water partition coefficient (Wildman–Crippen LogP) is 3.01. The van der Waals surface area contributed by atoms with Gasteiger partial charge in [0.25, 0.3) is 0 Å². The molecule has 0 saturated heterocycles. The molecule has 0 aliphatic rings. The minimum absolute atomic E-state index is 0.427. The molecule has 3 nitrogen and oxygen atoms in total. The van der Waals surface area contributed by atoms with Gasteiger partial charge in [0, 0.05) is 36.6 Å². The van der Waals surface area contributed by atoms with Crippen LogP contribution in [0, 0.1) is 0 Å². The standard InChI is InChI=1S/C14H19N3/c1-9(2)13-8-14(17(3)4)11-7-10(15)5-6-12(11)16-13/h5-9H,15H2,1-4H3. The maximum Gasteiger partial charge on any atom is 0.0727 e. The highest BCUT2D eigenvalue weighted by molar-refractivity contribution is 5.93. The third-order valence-corrected chi connectivity index (χ3v) is 2.90. The summed E-state index contributed by atoms with van der Waals surface area (Å²) in [5.41, 5.74) is 9.92. The van der Waals surface area contributed by atoms with E-state index < -0.39 is 0 Å². The van der Waals surface area contributed by atoms with E-state index >= 15 is 0 Å². The molecule has 1 aromatic carbocycles. The second-order valence-electron chi connectivity index (χ2n) is 4.89. The second-order valence-corrected chi connectivity index (χ2v) is 4.89. The maximum absolute atomic E-state index is 5.84. The first-order valence-electron chi connectivity index (χ1n) is 5.86. The largest absolute Gasteiger partial charge is 0.399 e. The third kappa shape index (κ3) is 2.18. The van der Waals surface area contributed by atoms with Crippen LogP contribution in [-0.2, 0) is 0 Å². The Balaban J connectivity index is 2.76. The van der Waals surface area contributed by atoms with Gasteiger partial charge in [-0.25, -0.2) is 0 Å². The average Bonchev–Trinajstić information content (AvgIpc) is 2.27. The number of pyridine rings is 1. The first-order valence-corrected chi connectivity index (χ1v) is 5.86. The van der Waals surface area contributed by atoms with E-state index in [1.165, 1.54) is 5.69 Å². The van der Waals surface area contributed by atoms with Crippen molar-refractivity contribution in [2.75, 3.05) is 24.7 Å². The van der Waals surface area contributed by atoms with Crippen molar-refractivity contribution in [3.8, 4) is 0 Å². The van der Waals surface area contributed by atoms with Crippen LogP contribution >= 0.6 is 0 Å². The summed E-state index contributed by atoms with van der Waals surface area (Å²) in [6.45, 7) is 4.32. The smallest absolute Gasteiger partial charge is 0.0727 e. The molecule has 2 N–H and O–H groups in total. The van der Waals surface area contributed by atoms with Crippen LogP contribution in [-0.4, -0.2) is 19.1 Å². The zero-order chi connectivity index (χ0) is 12.6. The Morgan fingerprint density at radius 1 is 1.18 bits per heavy atom. The fourth-order valence-electron chi connectivity index (χ4n) is 1.91. The van der Waals surface area contributed by atoms with Crippen molar-refractivity contribution in [3.05, 3.63) is 30.0 Å². The number of anilines is 2. The highest BCUT2D eigenvalue weighted by atomic mass is 15.1. The lowest BCUT2D eigenvalue weighted by Crippen LogP contribution is -2.11. The number of aromatic nitrogens is 1. The highest BCUT2D eigenvalue weighted by Gasteiger charge is 2.10. The summed E-state index contributed by atoms with van der Waals surface area (Å²) < 4.78 is 0. The molecule has 2 rings (SSSR count). The van der Waals surface area contributed by atoms with Crippen molar-refractivity contribution >= 4 is 22.3 Å². The van der Waals surface area contributed by atoms with Gasteiger partial charge in [-0.2, -0.15) is 0 Å². The summed E-state index contributed by atoms with van der Waals surface area (Å²) in [5.74, 6) is 0.427. The molecule has 3 heteroatoms. The molecule has 1 heterocycles. The second kappa shape index (κ2) is 4.24. The van der Waals surface area contributed by atoms with Crippen LogP contribution in [0.5, 0.6) is 0 Å². The third-order valence-electron chi connectivity index (χ3n) is 2.90. The van der Waals surface area contributed by atoms with E-state index in [0.29, 0.717) is 5.92 Å². The number of fused-ring (bicyclic) bond motifs is 1. The average molecular weight is 229 g/mol. The molecule has 0 aliphatic heterocycles. The molecule has 0 saturated carbocycles. The minimum atomic E-state index is 0.427. The van der Waals surface area contributed by atoms with Crippen molar-refractivity contribution in [1.29, 1.82) is 0 Å². The molecule has 0 spiro atoms. The summed E-state index contributed by atoms with van der Waals surface area (Å²) >= 11 is 0. The van der Waals surface area contributed by atoms with Crippen molar-refractivity contribution in [2.45, 2.75) is 19.8 Å². The molecule has 1 aromatic heterocycles. The van der Waals surface area contributed by atoms with Gasteiger partial charge in [0.15, 0.2) is 0 Å². The predicted molar refractivity (Wildman–Crippen MR) is 74.6 cm³/mol. The van der Waals surface area contributed by atoms with Gasteiger partial charge in [0.05, 0.1) is 5.52 Å². The molecular formula is C14H19N3. The van der Waals surface area contributed by atoms with Gasteiger partial charge in [0.1, 0.15) is 0 Å². The first-order chi connectivity index (χ1) is 7.99. The molecule has 0 bridgehead atoms. The highest BCUT2D eigenvalue weighted by Crippen LogP contribution is 2.29. The SMILES string of the molecule is CC(C)c1cc(N(C)C)c2cc(N)ccc2n1. The zero-order valence-electron chi connectivity index (χ0n) is 10.9. The Hall–Kier alpha value is -1.77. The molecule has 2 aromatic rings. The van der Waals surface area contributed by atoms with Crippen molar-refractivity contribution < 1.29 is 0 Å². The fourth-order valence-corrected chi connectivity index (χ4v) is 1.91. The van der Waals surface area contributed by atoms with Crippen LogP contribution in [0.25, 0.3) is 10.9 Å². The Bertz CT molecular complexity index is 544. The number of benzene rings is 1. The number of hydrogen-bond acceptors (Lipinski definition) is 3. The molecule has 0 aliphatic carbocycles. The summed E-state index contributed by atoms with van der Waals surface area (Å²) in [6.07, 6.45) is 0. The van der Waals surface area contributed by atoms with E-state index in [2.05, 4.69) is 29.8 Å². The lowest BCUT2D eigenvalue weighted by molar-refractivity contribution is 0.829. The molecule has 0 atom stereocenters. The Morgan fingerprint density at radius 2 is 1.88 bits per heavy atom. The Labute approximate surface area is 102 Å². The molecular weight excluding hydrogens is 210 g/mol. The normalized spacial score (nSPS) is 11.1. The Kier molecular flexibility index (Phi) is 2.92. The quantitative estimate of drug-likeness (QED) is 0.805. The van der Waals surface area contributed by atoms with Crippen LogP contribution < -0.4 is 10.6 Å². The lowest BCUT2D eigenvalue weighted by Gasteiger charge is -2.18. The molecule has 90 valence electrons. The molecule has 0 amide bonds. The summed E-state index contributed by atoms with van der Waals surface area (Å²) in [4.78, 5) is 6.78. The summed E-state index contributed by atoms with van der Waals surface area (Å²) in [7, 11) is 4.09. The van der Waals surface area contributed by atoms with Crippen LogP contribution in [0.1, 0.15) is 25.5 Å². The number of rotatable bonds is 2. The maximum atomic E-state index is 5.84. The van der Waals surface area contributed by atoms with E-state index in [4.69, 9.17) is 5.73 Å². The first kappa shape index (κ1) is 11.7. The number of nitrogen functional groups attached to an aromatic ring is 1. The topological polar surface area (TPSA) is 42.1 Å². The number of nitrogens with zero attached hydrogens (tertiary/aromatic N) is 2. The van der Waals surface area contributed by atoms with Crippen LogP contribution in [0.4, 0.5) is 11.4 Å². The number of nitrogens with two attached hydrogens (primary N) is 1. The van der Waals surface area contributed by atoms with Crippen LogP contribution in [0.2, 0.25) is 0 Å². The van der Waals surface area contributed by atoms with Crippen LogP contribution in [0.15, 0.2) is 24.3 Å². The number of hydrogen-bond donors (Lipinski definition) is 1. The molecule has 0 unspecified atom stereocenters. The van der Waals surface area contributed by atoms with E-state index in [-0.39, 0.29) is 0 Å². The molecule has 17 heavy (non-hydrogen) atoms. The summed E-state index contributed by atoms with van der Waals surface area (Å²) in [5, 5.41) is 1.11. The summed E-state index contributed by atoms with van der Waals surface area (Å²) in [6, 6.07) is 8.02.